The molecule has 1 fully saturated rings. The monoisotopic (exact) mass is 357 g/mol. The van der Waals surface area contributed by atoms with Crippen molar-refractivity contribution < 1.29 is 4.79 Å². The second-order valence-electron chi connectivity index (χ2n) is 6.99. The second-order valence-corrected chi connectivity index (χ2v) is 7.84. The van der Waals surface area contributed by atoms with Crippen LogP contribution >= 0.6 is 23.2 Å². The van der Waals surface area contributed by atoms with Crippen molar-refractivity contribution in [1.82, 2.24) is 15.1 Å². The van der Waals surface area contributed by atoms with E-state index in [2.05, 4.69) is 10.2 Å². The molecule has 1 N–H and O–H groups in total. The van der Waals surface area contributed by atoms with E-state index in [0.717, 1.165) is 49.7 Å². The van der Waals surface area contributed by atoms with E-state index in [-0.39, 0.29) is 11.6 Å². The molecular weight excluding hydrogens is 333 g/mol. The minimum Gasteiger partial charge on any atom is -0.333 e. The van der Waals surface area contributed by atoms with Crippen LogP contribution in [-0.4, -0.2) is 54.1 Å². The summed E-state index contributed by atoms with van der Waals surface area (Å²) in [6, 6.07) is 5.67. The summed E-state index contributed by atoms with van der Waals surface area (Å²) in [6.45, 7) is 10.2. The van der Waals surface area contributed by atoms with Crippen molar-refractivity contribution in [3.63, 3.8) is 0 Å². The fourth-order valence-corrected chi connectivity index (χ4v) is 3.08. The molecule has 1 aliphatic heterocycles. The molecule has 0 aliphatic carbocycles. The van der Waals surface area contributed by atoms with Gasteiger partial charge in [-0.15, -0.1) is 0 Å². The Morgan fingerprint density at radius 3 is 2.39 bits per heavy atom. The number of benzene rings is 1. The fraction of sp³-hybridized carbons (Fsp3) is 0.588. The highest BCUT2D eigenvalue weighted by atomic mass is 35.5. The topological polar surface area (TPSA) is 35.6 Å². The van der Waals surface area contributed by atoms with Crippen LogP contribution in [0.15, 0.2) is 18.2 Å². The second kappa shape index (κ2) is 7.73. The summed E-state index contributed by atoms with van der Waals surface area (Å²) in [6.07, 6.45) is 0.893. The molecule has 6 heteroatoms. The molecule has 2 amide bonds. The smallest absolute Gasteiger partial charge is 0.317 e. The zero-order valence-corrected chi connectivity index (χ0v) is 15.5. The van der Waals surface area contributed by atoms with Gasteiger partial charge in [0.25, 0.3) is 0 Å². The molecule has 128 valence electrons. The van der Waals surface area contributed by atoms with E-state index in [1.54, 1.807) is 6.07 Å². The number of amides is 2. The third-order valence-electron chi connectivity index (χ3n) is 3.85. The van der Waals surface area contributed by atoms with Crippen LogP contribution in [0.2, 0.25) is 10.0 Å². The number of carbonyl (C=O) groups excluding carboxylic acids is 1. The molecule has 0 unspecified atom stereocenters. The van der Waals surface area contributed by atoms with Crippen molar-refractivity contribution in [2.75, 3.05) is 32.7 Å². The number of carbonyl (C=O) groups is 1. The normalized spacial score (nSPS) is 16.5. The summed E-state index contributed by atoms with van der Waals surface area (Å²) in [4.78, 5) is 16.4. The van der Waals surface area contributed by atoms with Gasteiger partial charge >= 0.3 is 6.03 Å². The van der Waals surface area contributed by atoms with E-state index in [1.807, 2.05) is 37.8 Å². The van der Waals surface area contributed by atoms with Crippen molar-refractivity contribution in [2.45, 2.75) is 32.7 Å². The van der Waals surface area contributed by atoms with Gasteiger partial charge in [0.2, 0.25) is 0 Å². The Kier molecular flexibility index (Phi) is 6.18. The van der Waals surface area contributed by atoms with Crippen molar-refractivity contribution in [1.29, 1.82) is 0 Å². The minimum absolute atomic E-state index is 0.0258. The van der Waals surface area contributed by atoms with Gasteiger partial charge in [-0.2, -0.15) is 0 Å². The van der Waals surface area contributed by atoms with Crippen LogP contribution in [-0.2, 0) is 6.42 Å². The molecule has 0 saturated carbocycles. The van der Waals surface area contributed by atoms with Crippen LogP contribution in [0, 0.1) is 0 Å². The van der Waals surface area contributed by atoms with Crippen LogP contribution in [0.1, 0.15) is 26.3 Å². The van der Waals surface area contributed by atoms with E-state index >= 15 is 0 Å². The summed E-state index contributed by atoms with van der Waals surface area (Å²) in [5.74, 6) is 0. The predicted molar refractivity (Wildman–Crippen MR) is 96.5 cm³/mol. The molecule has 1 aromatic rings. The van der Waals surface area contributed by atoms with E-state index in [1.165, 1.54) is 0 Å². The summed E-state index contributed by atoms with van der Waals surface area (Å²) >= 11 is 12.1. The van der Waals surface area contributed by atoms with Crippen molar-refractivity contribution in [2.24, 2.45) is 0 Å². The predicted octanol–water partition coefficient (Wildman–Crippen LogP) is 3.66. The Morgan fingerprint density at radius 2 is 1.83 bits per heavy atom. The molecular formula is C17H25Cl2N3O. The molecule has 0 spiro atoms. The number of hydrogen-bond acceptors (Lipinski definition) is 2. The van der Waals surface area contributed by atoms with Gasteiger partial charge < -0.3 is 10.2 Å². The maximum atomic E-state index is 12.1. The van der Waals surface area contributed by atoms with Gasteiger partial charge in [0, 0.05) is 48.3 Å². The van der Waals surface area contributed by atoms with Crippen LogP contribution in [0.25, 0.3) is 0 Å². The highest BCUT2D eigenvalue weighted by Crippen LogP contribution is 2.21. The highest BCUT2D eigenvalue weighted by molar-refractivity contribution is 6.35. The Morgan fingerprint density at radius 1 is 1.17 bits per heavy atom. The van der Waals surface area contributed by atoms with Gasteiger partial charge in [-0.05, 0) is 44.9 Å². The summed E-state index contributed by atoms with van der Waals surface area (Å²) in [7, 11) is 0. The average molecular weight is 358 g/mol. The Balaban J connectivity index is 1.77. The van der Waals surface area contributed by atoms with Crippen molar-refractivity contribution in [3.05, 3.63) is 33.8 Å². The Hall–Kier alpha value is -0.970. The number of piperazine rings is 1. The molecule has 1 saturated heterocycles. The lowest BCUT2D eigenvalue weighted by Gasteiger charge is -2.36. The lowest BCUT2D eigenvalue weighted by molar-refractivity contribution is 0.135. The highest BCUT2D eigenvalue weighted by Gasteiger charge is 2.23. The number of halogens is 2. The van der Waals surface area contributed by atoms with Crippen LogP contribution < -0.4 is 5.32 Å². The van der Waals surface area contributed by atoms with Crippen LogP contribution in [0.4, 0.5) is 4.79 Å². The minimum atomic E-state index is -0.195. The molecule has 1 heterocycles. The standard InChI is InChI=1S/C17H25Cl2N3O/c1-17(2,3)20-16(23)22-10-8-21(9-11-22)7-6-13-4-5-14(18)12-15(13)19/h4-5,12H,6-11H2,1-3H3,(H,20,23). The van der Waals surface area contributed by atoms with Gasteiger partial charge in [-0.25, -0.2) is 4.79 Å². The van der Waals surface area contributed by atoms with Gasteiger partial charge in [0.15, 0.2) is 0 Å². The zero-order chi connectivity index (χ0) is 17.0. The fourth-order valence-electron chi connectivity index (χ4n) is 2.58. The SMILES string of the molecule is CC(C)(C)NC(=O)N1CCN(CCc2ccc(Cl)cc2Cl)CC1. The van der Waals surface area contributed by atoms with Crippen LogP contribution in [0.3, 0.4) is 0 Å². The number of hydrogen-bond donors (Lipinski definition) is 1. The lowest BCUT2D eigenvalue weighted by atomic mass is 10.1. The van der Waals surface area contributed by atoms with E-state index in [4.69, 9.17) is 23.2 Å². The molecule has 0 bridgehead atoms. The molecule has 0 atom stereocenters. The Bertz CT molecular complexity index is 549. The molecule has 0 aromatic heterocycles. The number of nitrogens with one attached hydrogen (secondary N) is 1. The summed E-state index contributed by atoms with van der Waals surface area (Å²) < 4.78 is 0. The van der Waals surface area contributed by atoms with Crippen molar-refractivity contribution in [3.8, 4) is 0 Å². The number of rotatable bonds is 3. The molecule has 2 rings (SSSR count). The molecule has 4 nitrogen and oxygen atoms in total. The molecule has 23 heavy (non-hydrogen) atoms. The average Bonchev–Trinajstić information content (AvgIpc) is 2.45. The zero-order valence-electron chi connectivity index (χ0n) is 14.0. The first-order chi connectivity index (χ1) is 10.7. The van der Waals surface area contributed by atoms with Gasteiger partial charge in [-0.3, -0.25) is 4.90 Å². The van der Waals surface area contributed by atoms with Gasteiger partial charge in [0.1, 0.15) is 0 Å². The first kappa shape index (κ1) is 18.4. The molecule has 0 radical (unpaired) electrons. The summed E-state index contributed by atoms with van der Waals surface area (Å²) in [5.41, 5.74) is 0.920. The lowest BCUT2D eigenvalue weighted by Crippen LogP contribution is -2.55. The Labute approximate surface area is 148 Å². The van der Waals surface area contributed by atoms with Gasteiger partial charge in [-0.1, -0.05) is 29.3 Å². The maximum absolute atomic E-state index is 12.1. The van der Waals surface area contributed by atoms with E-state index in [0.29, 0.717) is 5.02 Å². The first-order valence-corrected chi connectivity index (χ1v) is 8.73. The number of nitrogens with zero attached hydrogens (tertiary/aromatic N) is 2. The first-order valence-electron chi connectivity index (χ1n) is 7.98. The van der Waals surface area contributed by atoms with Crippen LogP contribution in [0.5, 0.6) is 0 Å². The van der Waals surface area contributed by atoms with E-state index in [9.17, 15) is 4.79 Å². The third kappa shape index (κ3) is 5.87. The maximum Gasteiger partial charge on any atom is 0.317 e. The quantitative estimate of drug-likeness (QED) is 0.895. The van der Waals surface area contributed by atoms with Gasteiger partial charge in [0.05, 0.1) is 0 Å². The third-order valence-corrected chi connectivity index (χ3v) is 4.44. The number of urea groups is 1. The van der Waals surface area contributed by atoms with E-state index < -0.39 is 0 Å². The molecule has 1 aliphatic rings. The summed E-state index contributed by atoms with van der Waals surface area (Å²) in [5, 5.41) is 4.40. The largest absolute Gasteiger partial charge is 0.333 e. The molecule has 1 aromatic carbocycles. The van der Waals surface area contributed by atoms with Crippen molar-refractivity contribution >= 4 is 29.2 Å².